The summed E-state index contributed by atoms with van der Waals surface area (Å²) in [7, 11) is 0. The number of rotatable bonds is 8. The molecule has 0 fully saturated rings. The van der Waals surface area contributed by atoms with E-state index in [4.69, 9.17) is 8.83 Å². The van der Waals surface area contributed by atoms with Gasteiger partial charge in [0, 0.05) is 47.0 Å². The van der Waals surface area contributed by atoms with Crippen LogP contribution in [0.25, 0.3) is 45.4 Å². The highest BCUT2D eigenvalue weighted by atomic mass is 19.4. The van der Waals surface area contributed by atoms with Crippen molar-refractivity contribution in [3.05, 3.63) is 84.8 Å². The van der Waals surface area contributed by atoms with Crippen molar-refractivity contribution in [3.8, 4) is 45.4 Å². The van der Waals surface area contributed by atoms with Gasteiger partial charge in [-0.15, -0.1) is 0 Å². The molecule has 20 heteroatoms. The molecule has 4 heterocycles. The van der Waals surface area contributed by atoms with Crippen molar-refractivity contribution in [1.29, 1.82) is 0 Å². The summed E-state index contributed by atoms with van der Waals surface area (Å²) >= 11 is 0. The molecular weight excluding hydrogens is 690 g/mol. The maximum Gasteiger partial charge on any atom is 0.460 e. The molecule has 0 aliphatic carbocycles. The number of alkyl halides is 14. The van der Waals surface area contributed by atoms with E-state index in [1.807, 2.05) is 0 Å². The second-order valence-corrected chi connectivity index (χ2v) is 9.74. The second kappa shape index (κ2) is 11.3. The van der Waals surface area contributed by atoms with Gasteiger partial charge < -0.3 is 8.83 Å². The van der Waals surface area contributed by atoms with E-state index in [9.17, 15) is 61.5 Å². The van der Waals surface area contributed by atoms with Crippen LogP contribution in [0.1, 0.15) is 11.5 Å². The summed E-state index contributed by atoms with van der Waals surface area (Å²) in [6.07, 6.45) is -9.51. The summed E-state index contributed by atoms with van der Waals surface area (Å²) in [6.45, 7) is 0. The zero-order valence-corrected chi connectivity index (χ0v) is 22.8. The first kappa shape index (κ1) is 34.3. The van der Waals surface area contributed by atoms with E-state index >= 15 is 0 Å². The van der Waals surface area contributed by atoms with Crippen molar-refractivity contribution in [2.75, 3.05) is 0 Å². The van der Waals surface area contributed by atoms with Crippen LogP contribution in [0.3, 0.4) is 0 Å². The van der Waals surface area contributed by atoms with Crippen molar-refractivity contribution >= 4 is 0 Å². The van der Waals surface area contributed by atoms with E-state index in [1.165, 1.54) is 0 Å². The number of halogens is 14. The molecule has 0 saturated heterocycles. The summed E-state index contributed by atoms with van der Waals surface area (Å²) < 4.78 is 202. The molecule has 1 aromatic carbocycles. The zero-order chi connectivity index (χ0) is 35.5. The lowest BCUT2D eigenvalue weighted by Crippen LogP contribution is -2.50. The van der Waals surface area contributed by atoms with E-state index in [2.05, 4.69) is 19.9 Å². The smallest absolute Gasteiger partial charge is 0.434 e. The standard InChI is InChI=1S/C28H12F14N4O2/c29-23(30,25(33,34)27(37,38)39)19-17(13-5-9-43-10-6-13)45-21(47-19)15-1-2-16(4-3-15)22-46-18(14-7-11-44-12-8-14)20(48-22)24(31,32)26(35,36)28(40,41)42/h1-12H. The maximum atomic E-state index is 14.8. The number of pyridine rings is 2. The molecular formula is C28H12F14N4O2. The molecule has 0 N–H and O–H groups in total. The number of aromatic nitrogens is 4. The number of benzene rings is 1. The molecule has 0 atom stereocenters. The van der Waals surface area contributed by atoms with Crippen molar-refractivity contribution in [3.63, 3.8) is 0 Å². The predicted molar refractivity (Wildman–Crippen MR) is 134 cm³/mol. The molecule has 6 nitrogen and oxygen atoms in total. The zero-order valence-electron chi connectivity index (χ0n) is 22.8. The lowest BCUT2D eigenvalue weighted by molar-refractivity contribution is -0.363. The third-order valence-corrected chi connectivity index (χ3v) is 6.61. The Morgan fingerprint density at radius 2 is 0.688 bits per heavy atom. The van der Waals surface area contributed by atoms with Crippen molar-refractivity contribution in [2.45, 2.75) is 36.0 Å². The number of hydrogen-bond acceptors (Lipinski definition) is 6. The summed E-state index contributed by atoms with van der Waals surface area (Å²) in [5.74, 6) is -31.5. The minimum absolute atomic E-state index is 0.387. The Morgan fingerprint density at radius 1 is 0.396 bits per heavy atom. The van der Waals surface area contributed by atoms with E-state index in [-0.39, 0.29) is 11.1 Å². The van der Waals surface area contributed by atoms with Gasteiger partial charge >= 0.3 is 36.0 Å². The van der Waals surface area contributed by atoms with Gasteiger partial charge in [-0.1, -0.05) is 0 Å². The molecule has 0 aliphatic heterocycles. The van der Waals surface area contributed by atoms with Crippen molar-refractivity contribution in [1.82, 2.24) is 19.9 Å². The average molecular weight is 702 g/mol. The Hall–Kier alpha value is -5.04. The number of hydrogen-bond donors (Lipinski definition) is 0. The minimum atomic E-state index is -6.73. The Balaban J connectivity index is 1.60. The predicted octanol–water partition coefficient (Wildman–Crippen LogP) is 9.70. The first-order chi connectivity index (χ1) is 22.1. The van der Waals surface area contributed by atoms with Gasteiger partial charge in [0.25, 0.3) is 0 Å². The monoisotopic (exact) mass is 702 g/mol. The summed E-state index contributed by atoms with van der Waals surface area (Å²) in [6, 6.07) is 7.31. The average Bonchev–Trinajstić information content (AvgIpc) is 3.68. The van der Waals surface area contributed by atoms with Gasteiger partial charge in [0.05, 0.1) is 0 Å². The molecule has 0 bridgehead atoms. The fraction of sp³-hybridized carbons (Fsp3) is 0.214. The molecule has 48 heavy (non-hydrogen) atoms. The number of oxazole rings is 2. The Labute approximate surface area is 257 Å². The normalized spacial score (nSPS) is 13.6. The molecule has 0 aliphatic rings. The summed E-state index contributed by atoms with van der Waals surface area (Å²) in [5.41, 5.74) is -3.84. The summed E-state index contributed by atoms with van der Waals surface area (Å²) in [5, 5.41) is 0. The molecule has 254 valence electrons. The Morgan fingerprint density at radius 3 is 0.958 bits per heavy atom. The molecule has 0 saturated carbocycles. The van der Waals surface area contributed by atoms with Crippen LogP contribution >= 0.6 is 0 Å². The van der Waals surface area contributed by atoms with E-state index in [0.717, 1.165) is 73.3 Å². The molecule has 5 rings (SSSR count). The van der Waals surface area contributed by atoms with Crippen LogP contribution in [0.15, 0.2) is 82.2 Å². The van der Waals surface area contributed by atoms with Gasteiger partial charge in [-0.05, 0) is 48.5 Å². The number of nitrogens with zero attached hydrogens (tertiary/aromatic N) is 4. The van der Waals surface area contributed by atoms with Gasteiger partial charge in [-0.3, -0.25) is 9.97 Å². The van der Waals surface area contributed by atoms with Crippen LogP contribution in [-0.4, -0.2) is 44.1 Å². The highest BCUT2D eigenvalue weighted by Gasteiger charge is 2.76. The van der Waals surface area contributed by atoms with Crippen LogP contribution in [0.5, 0.6) is 0 Å². The molecule has 0 radical (unpaired) electrons. The Kier molecular flexibility index (Phi) is 8.07. The highest BCUT2D eigenvalue weighted by Crippen LogP contribution is 2.55. The first-order valence-corrected chi connectivity index (χ1v) is 12.7. The van der Waals surface area contributed by atoms with Crippen LogP contribution in [0.4, 0.5) is 61.5 Å². The third-order valence-electron chi connectivity index (χ3n) is 6.61. The highest BCUT2D eigenvalue weighted by molar-refractivity contribution is 5.70. The lowest BCUT2D eigenvalue weighted by atomic mass is 10.0. The van der Waals surface area contributed by atoms with Gasteiger partial charge in [-0.2, -0.15) is 61.5 Å². The topological polar surface area (TPSA) is 77.8 Å². The second-order valence-electron chi connectivity index (χ2n) is 9.74. The van der Waals surface area contributed by atoms with Gasteiger partial charge in [0.15, 0.2) is 0 Å². The largest absolute Gasteiger partial charge is 0.460 e. The van der Waals surface area contributed by atoms with Crippen molar-refractivity contribution < 1.29 is 70.3 Å². The molecule has 4 aromatic heterocycles. The van der Waals surface area contributed by atoms with E-state index < -0.39 is 81.9 Å². The van der Waals surface area contributed by atoms with Crippen LogP contribution < -0.4 is 0 Å². The van der Waals surface area contributed by atoms with E-state index in [0.29, 0.717) is 0 Å². The van der Waals surface area contributed by atoms with Gasteiger partial charge in [0.1, 0.15) is 11.4 Å². The fourth-order valence-electron chi connectivity index (χ4n) is 4.12. The SMILES string of the molecule is FC(F)(F)C(F)(F)C(F)(F)c1oc(-c2ccc(-c3nc(-c4ccncc4)c(C(F)(F)C(F)(F)C(F)(F)F)o3)cc2)nc1-c1ccncc1. The van der Waals surface area contributed by atoms with Gasteiger partial charge in [-0.25, -0.2) is 9.97 Å². The fourth-order valence-corrected chi connectivity index (χ4v) is 4.12. The Bertz CT molecular complexity index is 1760. The van der Waals surface area contributed by atoms with Crippen molar-refractivity contribution in [2.24, 2.45) is 0 Å². The van der Waals surface area contributed by atoms with E-state index in [1.54, 1.807) is 0 Å². The molecule has 5 aromatic rings. The van der Waals surface area contributed by atoms with Crippen LogP contribution in [-0.2, 0) is 11.8 Å². The van der Waals surface area contributed by atoms with Crippen LogP contribution in [0, 0.1) is 0 Å². The first-order valence-electron chi connectivity index (χ1n) is 12.7. The molecule has 0 spiro atoms. The quantitative estimate of drug-likeness (QED) is 0.150. The third kappa shape index (κ3) is 5.51. The lowest BCUT2D eigenvalue weighted by Gasteiger charge is -2.26. The molecule has 0 amide bonds. The van der Waals surface area contributed by atoms with Gasteiger partial charge in [0.2, 0.25) is 23.3 Å². The van der Waals surface area contributed by atoms with Crippen LogP contribution in [0.2, 0.25) is 0 Å². The molecule has 0 unspecified atom stereocenters. The maximum absolute atomic E-state index is 14.8. The minimum Gasteiger partial charge on any atom is -0.434 e. The summed E-state index contributed by atoms with van der Waals surface area (Å²) in [4.78, 5) is 14.5.